The molecule has 0 spiro atoms. The van der Waals surface area contributed by atoms with Gasteiger partial charge in [-0.05, 0) is 24.6 Å². The van der Waals surface area contributed by atoms with E-state index in [9.17, 15) is 9.18 Å². The monoisotopic (exact) mass is 351 g/mol. The molecule has 0 aliphatic rings. The molecule has 0 bridgehead atoms. The van der Waals surface area contributed by atoms with Gasteiger partial charge in [0.25, 0.3) is 5.91 Å². The Morgan fingerprint density at radius 3 is 2.81 bits per heavy atom. The van der Waals surface area contributed by atoms with Crippen LogP contribution in [0.25, 0.3) is 0 Å². The van der Waals surface area contributed by atoms with Crippen LogP contribution in [0, 0.1) is 5.82 Å². The van der Waals surface area contributed by atoms with Crippen molar-refractivity contribution < 1.29 is 9.18 Å². The maximum atomic E-state index is 13.4. The molecule has 5 heteroatoms. The van der Waals surface area contributed by atoms with E-state index in [1.54, 1.807) is 6.07 Å². The molecule has 88 valence electrons. The molecule has 1 atom stereocenters. The fourth-order valence-electron chi connectivity index (χ4n) is 1.18. The van der Waals surface area contributed by atoms with Gasteiger partial charge in [-0.1, -0.05) is 38.8 Å². The molecule has 1 N–H and O–H groups in total. The van der Waals surface area contributed by atoms with E-state index in [1.165, 1.54) is 12.1 Å². The van der Waals surface area contributed by atoms with Gasteiger partial charge in [-0.15, -0.1) is 0 Å². The van der Waals surface area contributed by atoms with Crippen LogP contribution in [0.1, 0.15) is 23.7 Å². The van der Waals surface area contributed by atoms with Crippen LogP contribution in [-0.2, 0) is 0 Å². The molecule has 0 saturated heterocycles. The van der Waals surface area contributed by atoms with Crippen LogP contribution in [0.15, 0.2) is 22.7 Å². The van der Waals surface area contributed by atoms with E-state index >= 15 is 0 Å². The van der Waals surface area contributed by atoms with Gasteiger partial charge in [0.2, 0.25) is 0 Å². The SMILES string of the molecule is CCC(CBr)NC(=O)c1cc(Br)ccc1F. The molecule has 1 rings (SSSR count). The first-order valence-electron chi connectivity index (χ1n) is 4.90. The van der Waals surface area contributed by atoms with Crippen molar-refractivity contribution in [2.75, 3.05) is 5.33 Å². The summed E-state index contributed by atoms with van der Waals surface area (Å²) in [6.45, 7) is 1.96. The van der Waals surface area contributed by atoms with E-state index in [-0.39, 0.29) is 17.5 Å². The highest BCUT2D eigenvalue weighted by atomic mass is 79.9. The van der Waals surface area contributed by atoms with E-state index in [4.69, 9.17) is 0 Å². The lowest BCUT2D eigenvalue weighted by atomic mass is 10.1. The van der Waals surface area contributed by atoms with Gasteiger partial charge in [-0.2, -0.15) is 0 Å². The summed E-state index contributed by atoms with van der Waals surface area (Å²) in [6, 6.07) is 4.33. The maximum Gasteiger partial charge on any atom is 0.254 e. The topological polar surface area (TPSA) is 29.1 Å². The molecule has 0 radical (unpaired) electrons. The number of carbonyl (C=O) groups excluding carboxylic acids is 1. The molecular formula is C11H12Br2FNO. The lowest BCUT2D eigenvalue weighted by molar-refractivity contribution is 0.0936. The summed E-state index contributed by atoms with van der Waals surface area (Å²) in [5.74, 6) is -0.893. The largest absolute Gasteiger partial charge is 0.348 e. The standard InChI is InChI=1S/C11H12Br2FNO/c1-2-8(6-12)15-11(16)9-5-7(13)3-4-10(9)14/h3-5,8H,2,6H2,1H3,(H,15,16). The molecule has 1 aromatic rings. The van der Waals surface area contributed by atoms with Crippen LogP contribution in [-0.4, -0.2) is 17.3 Å². The molecule has 1 amide bonds. The van der Waals surface area contributed by atoms with Gasteiger partial charge in [0.1, 0.15) is 5.82 Å². The lowest BCUT2D eigenvalue weighted by Crippen LogP contribution is -2.35. The number of carbonyl (C=O) groups is 1. The number of alkyl halides is 1. The number of amides is 1. The summed E-state index contributed by atoms with van der Waals surface area (Å²) in [4.78, 5) is 11.8. The quantitative estimate of drug-likeness (QED) is 0.825. The highest BCUT2D eigenvalue weighted by Crippen LogP contribution is 2.15. The van der Waals surface area contributed by atoms with E-state index in [0.29, 0.717) is 9.80 Å². The van der Waals surface area contributed by atoms with Gasteiger partial charge in [-0.25, -0.2) is 4.39 Å². The molecule has 0 saturated carbocycles. The zero-order chi connectivity index (χ0) is 12.1. The number of rotatable bonds is 4. The Balaban J connectivity index is 2.83. The summed E-state index contributed by atoms with van der Waals surface area (Å²) in [7, 11) is 0. The van der Waals surface area contributed by atoms with Gasteiger partial charge in [0.05, 0.1) is 5.56 Å². The van der Waals surface area contributed by atoms with E-state index in [0.717, 1.165) is 6.42 Å². The van der Waals surface area contributed by atoms with Gasteiger partial charge in [-0.3, -0.25) is 4.79 Å². The molecule has 0 heterocycles. The Morgan fingerprint density at radius 1 is 1.56 bits per heavy atom. The van der Waals surface area contributed by atoms with Crippen molar-refractivity contribution >= 4 is 37.8 Å². The van der Waals surface area contributed by atoms with Crippen LogP contribution in [0.4, 0.5) is 4.39 Å². The van der Waals surface area contributed by atoms with Crippen molar-refractivity contribution in [3.8, 4) is 0 Å². The van der Waals surface area contributed by atoms with Crippen molar-refractivity contribution in [3.63, 3.8) is 0 Å². The van der Waals surface area contributed by atoms with Gasteiger partial charge in [0, 0.05) is 15.8 Å². The highest BCUT2D eigenvalue weighted by molar-refractivity contribution is 9.10. The molecule has 0 aromatic heterocycles. The van der Waals surface area contributed by atoms with Crippen LogP contribution in [0.3, 0.4) is 0 Å². The third-order valence-electron chi connectivity index (χ3n) is 2.19. The number of hydrogen-bond acceptors (Lipinski definition) is 1. The molecule has 1 aromatic carbocycles. The Labute approximate surface area is 111 Å². The zero-order valence-corrected chi connectivity index (χ0v) is 11.9. The van der Waals surface area contributed by atoms with Crippen LogP contribution in [0.5, 0.6) is 0 Å². The minimum absolute atomic E-state index is 0.0193. The predicted molar refractivity (Wildman–Crippen MR) is 69.4 cm³/mol. The zero-order valence-electron chi connectivity index (χ0n) is 8.77. The molecule has 16 heavy (non-hydrogen) atoms. The number of hydrogen-bond donors (Lipinski definition) is 1. The smallest absolute Gasteiger partial charge is 0.254 e. The summed E-state index contributed by atoms with van der Waals surface area (Å²) in [6.07, 6.45) is 0.798. The second-order valence-corrected chi connectivity index (χ2v) is 4.92. The fraction of sp³-hybridized carbons (Fsp3) is 0.364. The summed E-state index contributed by atoms with van der Waals surface area (Å²) in [5, 5.41) is 3.41. The van der Waals surface area contributed by atoms with Gasteiger partial charge >= 0.3 is 0 Å². The number of halogens is 3. The third kappa shape index (κ3) is 3.56. The second-order valence-electron chi connectivity index (χ2n) is 3.36. The van der Waals surface area contributed by atoms with Gasteiger partial charge < -0.3 is 5.32 Å². The Hall–Kier alpha value is -0.420. The molecular weight excluding hydrogens is 341 g/mol. The third-order valence-corrected chi connectivity index (χ3v) is 3.46. The van der Waals surface area contributed by atoms with E-state index in [1.807, 2.05) is 6.92 Å². The predicted octanol–water partition coefficient (Wildman–Crippen LogP) is 3.49. The van der Waals surface area contributed by atoms with Crippen molar-refractivity contribution in [1.82, 2.24) is 5.32 Å². The van der Waals surface area contributed by atoms with Crippen LogP contribution in [0.2, 0.25) is 0 Å². The average Bonchev–Trinajstić information content (AvgIpc) is 2.28. The van der Waals surface area contributed by atoms with Crippen molar-refractivity contribution in [1.29, 1.82) is 0 Å². The van der Waals surface area contributed by atoms with E-state index < -0.39 is 5.82 Å². The molecule has 0 aliphatic heterocycles. The first kappa shape index (κ1) is 13.6. The van der Waals surface area contributed by atoms with Gasteiger partial charge in [0.15, 0.2) is 0 Å². The average molecular weight is 353 g/mol. The first-order chi connectivity index (χ1) is 7.58. The number of nitrogens with one attached hydrogen (secondary N) is 1. The Kier molecular flexibility index (Phi) is 5.41. The maximum absolute atomic E-state index is 13.4. The highest BCUT2D eigenvalue weighted by Gasteiger charge is 2.15. The van der Waals surface area contributed by atoms with Crippen molar-refractivity contribution in [2.24, 2.45) is 0 Å². The second kappa shape index (κ2) is 6.35. The summed E-state index contributed by atoms with van der Waals surface area (Å²) < 4.78 is 14.1. The molecule has 2 nitrogen and oxygen atoms in total. The van der Waals surface area contributed by atoms with E-state index in [2.05, 4.69) is 37.2 Å². The first-order valence-corrected chi connectivity index (χ1v) is 6.81. The molecule has 0 aliphatic carbocycles. The van der Waals surface area contributed by atoms with Crippen LogP contribution >= 0.6 is 31.9 Å². The minimum atomic E-state index is -0.509. The number of benzene rings is 1. The van der Waals surface area contributed by atoms with Crippen molar-refractivity contribution in [3.05, 3.63) is 34.1 Å². The molecule has 0 fully saturated rings. The summed E-state index contributed by atoms with van der Waals surface area (Å²) >= 11 is 6.50. The van der Waals surface area contributed by atoms with Crippen LogP contribution < -0.4 is 5.32 Å². The normalized spacial score (nSPS) is 12.2. The Morgan fingerprint density at radius 2 is 2.25 bits per heavy atom. The minimum Gasteiger partial charge on any atom is -0.348 e. The summed E-state index contributed by atoms with van der Waals surface area (Å²) in [5.41, 5.74) is 0.0637. The van der Waals surface area contributed by atoms with Crippen molar-refractivity contribution in [2.45, 2.75) is 19.4 Å². The lowest BCUT2D eigenvalue weighted by Gasteiger charge is -2.14. The molecule has 1 unspecified atom stereocenters. The fourth-order valence-corrected chi connectivity index (χ4v) is 2.17. The Bertz CT molecular complexity index is 380.